The van der Waals surface area contributed by atoms with Crippen molar-refractivity contribution in [2.45, 2.75) is 12.5 Å². The largest absolute Gasteiger partial charge is 0.479 e. The number of carboxylic acid groups (broad SMARTS) is 1. The minimum absolute atomic E-state index is 0.112. The van der Waals surface area contributed by atoms with Gasteiger partial charge in [0.25, 0.3) is 0 Å². The summed E-state index contributed by atoms with van der Waals surface area (Å²) in [6.07, 6.45) is 6.68. The Balaban J connectivity index is 4.93. The summed E-state index contributed by atoms with van der Waals surface area (Å²) in [7, 11) is 0. The van der Waals surface area contributed by atoms with Gasteiger partial charge in [-0.3, -0.25) is 5.32 Å². The summed E-state index contributed by atoms with van der Waals surface area (Å²) in [5.74, 6) is 0.604. The lowest BCUT2D eigenvalue weighted by atomic mass is 10.0. The summed E-state index contributed by atoms with van der Waals surface area (Å²) in [6.45, 7) is 1.82. The molecule has 0 fully saturated rings. The van der Waals surface area contributed by atoms with Crippen molar-refractivity contribution in [3.05, 3.63) is 12.2 Å². The molecule has 0 saturated carbocycles. The van der Waals surface area contributed by atoms with Crippen LogP contribution in [0.5, 0.6) is 0 Å². The molecule has 0 aliphatic carbocycles. The zero-order chi connectivity index (χ0) is 12.6. The fraction of sp³-hybridized carbons (Fsp3) is 0.400. The van der Waals surface area contributed by atoms with Gasteiger partial charge in [0.2, 0.25) is 5.54 Å². The number of aliphatic carboxylic acids is 1. The third kappa shape index (κ3) is 3.63. The van der Waals surface area contributed by atoms with Crippen LogP contribution in [0.2, 0.25) is 0 Å². The van der Waals surface area contributed by atoms with Gasteiger partial charge in [-0.1, -0.05) is 12.0 Å². The summed E-state index contributed by atoms with van der Waals surface area (Å²) in [5.41, 5.74) is 3.26. The molecule has 0 aromatic heterocycles. The Labute approximate surface area is 93.5 Å². The van der Waals surface area contributed by atoms with Crippen molar-refractivity contribution in [2.24, 2.45) is 5.73 Å². The van der Waals surface area contributed by atoms with E-state index in [1.165, 1.54) is 6.08 Å². The Morgan fingerprint density at radius 1 is 1.69 bits per heavy atom. The van der Waals surface area contributed by atoms with E-state index in [-0.39, 0.29) is 13.2 Å². The fourth-order valence-corrected chi connectivity index (χ4v) is 0.885. The van der Waals surface area contributed by atoms with Gasteiger partial charge in [-0.15, -0.1) is 6.42 Å². The second kappa shape index (κ2) is 6.48. The van der Waals surface area contributed by atoms with Crippen molar-refractivity contribution in [3.8, 4) is 12.3 Å². The summed E-state index contributed by atoms with van der Waals surface area (Å²) in [5, 5.41) is 11.0. The number of rotatable bonds is 5. The van der Waals surface area contributed by atoms with Gasteiger partial charge in [0, 0.05) is 6.54 Å². The normalized spacial score (nSPS) is 13.8. The average Bonchev–Trinajstić information content (AvgIpc) is 2.24. The molecule has 6 heteroatoms. The summed E-state index contributed by atoms with van der Waals surface area (Å²) in [4.78, 5) is 22.1. The molecule has 0 heterocycles. The Morgan fingerprint density at radius 3 is 2.69 bits per heavy atom. The van der Waals surface area contributed by atoms with E-state index in [0.717, 1.165) is 6.08 Å². The molecule has 1 amide bonds. The molecular formula is C10H14N2O4. The topological polar surface area (TPSA) is 102 Å². The lowest BCUT2D eigenvalue weighted by molar-refractivity contribution is -0.140. The number of nitrogens with two attached hydrogens (primary N) is 1. The highest BCUT2D eigenvalue weighted by molar-refractivity contribution is 5.90. The number of carboxylic acids is 1. The number of nitrogens with one attached hydrogen (secondary N) is 1. The van der Waals surface area contributed by atoms with E-state index in [2.05, 4.69) is 10.1 Å². The molecule has 0 aliphatic rings. The standard InChI is InChI=1S/C10H14N2O4/c1-3-10(8(13)14,6-5-7-11)12-9(15)16-4-2/h1,5-6H,4,7,11H2,2H3,(H,12,15)(H,13,14). The maximum atomic E-state index is 11.1. The van der Waals surface area contributed by atoms with E-state index >= 15 is 0 Å². The zero-order valence-corrected chi connectivity index (χ0v) is 8.90. The van der Waals surface area contributed by atoms with Crippen LogP contribution in [0.25, 0.3) is 0 Å². The number of terminal acetylenes is 1. The highest BCUT2D eigenvalue weighted by Gasteiger charge is 2.36. The van der Waals surface area contributed by atoms with Gasteiger partial charge < -0.3 is 15.6 Å². The molecule has 0 bridgehead atoms. The van der Waals surface area contributed by atoms with Crippen molar-refractivity contribution >= 4 is 12.1 Å². The molecule has 1 atom stereocenters. The molecule has 4 N–H and O–H groups in total. The maximum absolute atomic E-state index is 11.1. The summed E-state index contributed by atoms with van der Waals surface area (Å²) in [6, 6.07) is 0. The van der Waals surface area contributed by atoms with Crippen LogP contribution in [-0.4, -0.2) is 35.9 Å². The van der Waals surface area contributed by atoms with Crippen LogP contribution in [0, 0.1) is 12.3 Å². The first-order valence-electron chi connectivity index (χ1n) is 4.56. The van der Waals surface area contributed by atoms with Gasteiger partial charge >= 0.3 is 12.1 Å². The molecule has 0 rings (SSSR count). The molecule has 1 unspecified atom stereocenters. The first-order valence-corrected chi connectivity index (χ1v) is 4.56. The molecular weight excluding hydrogens is 212 g/mol. The van der Waals surface area contributed by atoms with E-state index in [1.54, 1.807) is 6.92 Å². The first kappa shape index (κ1) is 14.0. The number of carbonyl (C=O) groups excluding carboxylic acids is 1. The molecule has 0 aromatic carbocycles. The number of carbonyl (C=O) groups is 2. The van der Waals surface area contributed by atoms with Crippen LogP contribution < -0.4 is 11.1 Å². The van der Waals surface area contributed by atoms with Crippen molar-refractivity contribution in [3.63, 3.8) is 0 Å². The van der Waals surface area contributed by atoms with E-state index in [9.17, 15) is 9.59 Å². The number of hydrogen-bond donors (Lipinski definition) is 3. The maximum Gasteiger partial charge on any atom is 0.409 e. The number of ether oxygens (including phenoxy) is 1. The fourth-order valence-electron chi connectivity index (χ4n) is 0.885. The van der Waals surface area contributed by atoms with Crippen LogP contribution in [0.1, 0.15) is 6.92 Å². The average molecular weight is 226 g/mol. The quantitative estimate of drug-likeness (QED) is 0.441. The lowest BCUT2D eigenvalue weighted by Gasteiger charge is -2.20. The van der Waals surface area contributed by atoms with Gasteiger partial charge in [-0.05, 0) is 13.0 Å². The molecule has 6 nitrogen and oxygen atoms in total. The van der Waals surface area contributed by atoms with Crippen LogP contribution in [0.15, 0.2) is 12.2 Å². The summed E-state index contributed by atoms with van der Waals surface area (Å²) < 4.78 is 4.56. The summed E-state index contributed by atoms with van der Waals surface area (Å²) >= 11 is 0. The minimum Gasteiger partial charge on any atom is -0.479 e. The van der Waals surface area contributed by atoms with Crippen molar-refractivity contribution < 1.29 is 19.4 Å². The number of hydrogen-bond acceptors (Lipinski definition) is 4. The molecule has 0 saturated heterocycles. The minimum atomic E-state index is -1.92. The Bertz CT molecular complexity index is 332. The molecule has 0 aliphatic heterocycles. The first-order chi connectivity index (χ1) is 7.52. The van der Waals surface area contributed by atoms with Crippen LogP contribution >= 0.6 is 0 Å². The number of amides is 1. The van der Waals surface area contributed by atoms with Crippen molar-refractivity contribution in [1.29, 1.82) is 0 Å². The Hall–Kier alpha value is -2.00. The molecule has 0 spiro atoms. The highest BCUT2D eigenvalue weighted by atomic mass is 16.5. The van der Waals surface area contributed by atoms with Crippen LogP contribution in [0.3, 0.4) is 0 Å². The van der Waals surface area contributed by atoms with Gasteiger partial charge in [-0.25, -0.2) is 9.59 Å². The smallest absolute Gasteiger partial charge is 0.409 e. The second-order valence-corrected chi connectivity index (χ2v) is 2.74. The molecule has 88 valence electrons. The van der Waals surface area contributed by atoms with Gasteiger partial charge in [0.05, 0.1) is 6.61 Å². The third-order valence-electron chi connectivity index (χ3n) is 1.64. The highest BCUT2D eigenvalue weighted by Crippen LogP contribution is 2.06. The van der Waals surface area contributed by atoms with Crippen LogP contribution in [-0.2, 0) is 9.53 Å². The van der Waals surface area contributed by atoms with Gasteiger partial charge in [0.1, 0.15) is 0 Å². The van der Waals surface area contributed by atoms with Crippen molar-refractivity contribution in [2.75, 3.05) is 13.2 Å². The van der Waals surface area contributed by atoms with E-state index in [4.69, 9.17) is 17.3 Å². The predicted octanol–water partition coefficient (Wildman–Crippen LogP) is -0.296. The van der Waals surface area contributed by atoms with E-state index < -0.39 is 17.6 Å². The third-order valence-corrected chi connectivity index (χ3v) is 1.64. The van der Waals surface area contributed by atoms with Crippen LogP contribution in [0.4, 0.5) is 4.79 Å². The van der Waals surface area contributed by atoms with E-state index in [1.807, 2.05) is 5.92 Å². The SMILES string of the molecule is C#CC(C=CCN)(NC(=O)OCC)C(=O)O. The monoisotopic (exact) mass is 226 g/mol. The van der Waals surface area contributed by atoms with Crippen molar-refractivity contribution in [1.82, 2.24) is 5.32 Å². The zero-order valence-electron chi connectivity index (χ0n) is 8.90. The lowest BCUT2D eigenvalue weighted by Crippen LogP contribution is -2.52. The Morgan fingerprint density at radius 2 is 2.31 bits per heavy atom. The Kier molecular flexibility index (Phi) is 5.67. The second-order valence-electron chi connectivity index (χ2n) is 2.74. The van der Waals surface area contributed by atoms with E-state index in [0.29, 0.717) is 0 Å². The van der Waals surface area contributed by atoms with Gasteiger partial charge in [0.15, 0.2) is 0 Å². The van der Waals surface area contributed by atoms with Gasteiger partial charge in [-0.2, -0.15) is 0 Å². The predicted molar refractivity (Wildman–Crippen MR) is 57.6 cm³/mol. The number of alkyl carbamates (subject to hydrolysis) is 1. The molecule has 16 heavy (non-hydrogen) atoms. The molecule has 0 aromatic rings. The molecule has 0 radical (unpaired) electrons.